The summed E-state index contributed by atoms with van der Waals surface area (Å²) in [5, 5.41) is 12.8. The summed E-state index contributed by atoms with van der Waals surface area (Å²) in [7, 11) is 1.54. The molecular weight excluding hydrogens is 378 g/mol. The molecule has 0 N–H and O–H groups in total. The Bertz CT molecular complexity index is 835. The lowest BCUT2D eigenvalue weighted by Crippen LogP contribution is -2.42. The fourth-order valence-electron chi connectivity index (χ4n) is 4.00. The molecule has 0 spiro atoms. The molecule has 4 rings (SSSR count). The zero-order valence-electron chi connectivity index (χ0n) is 16.0. The molecule has 1 atom stereocenters. The second-order valence-electron chi connectivity index (χ2n) is 7.36. The molecule has 1 fully saturated rings. The van der Waals surface area contributed by atoms with Gasteiger partial charge in [-0.15, -0.1) is 10.2 Å². The first kappa shape index (κ1) is 19.1. The number of thiophene rings is 1. The molecule has 0 radical (unpaired) electrons. The average molecular weight is 404 g/mol. The Labute approximate surface area is 168 Å². The van der Waals surface area contributed by atoms with Crippen LogP contribution in [0.3, 0.4) is 0 Å². The van der Waals surface area contributed by atoms with Crippen LogP contribution in [-0.4, -0.2) is 69.7 Å². The Hall–Kier alpha value is -2.26. The highest BCUT2D eigenvalue weighted by atomic mass is 32.1. The van der Waals surface area contributed by atoms with E-state index in [1.807, 2.05) is 26.6 Å². The standard InChI is InChI=1S/C19H25N5O3S/c1-27-12-18(26)22-5-2-3-15(10-22)19-21-20-16-11-23(6-7-24(16)19)17(25)9-14-4-8-28-13-14/h4,8,13,15H,2-3,5-7,9-12H2,1H3. The summed E-state index contributed by atoms with van der Waals surface area (Å²) >= 11 is 1.61. The van der Waals surface area contributed by atoms with Gasteiger partial charge in [-0.25, -0.2) is 0 Å². The predicted octanol–water partition coefficient (Wildman–Crippen LogP) is 1.28. The molecule has 2 aromatic rings. The lowest BCUT2D eigenvalue weighted by Gasteiger charge is -2.33. The highest BCUT2D eigenvalue weighted by Crippen LogP contribution is 2.28. The smallest absolute Gasteiger partial charge is 0.248 e. The number of carbonyl (C=O) groups excluding carboxylic acids is 2. The number of rotatable bonds is 5. The summed E-state index contributed by atoms with van der Waals surface area (Å²) < 4.78 is 7.13. The number of hydrogen-bond acceptors (Lipinski definition) is 6. The van der Waals surface area contributed by atoms with Crippen LogP contribution >= 0.6 is 11.3 Å². The summed E-state index contributed by atoms with van der Waals surface area (Å²) in [5.41, 5.74) is 1.06. The first-order valence-electron chi connectivity index (χ1n) is 9.63. The van der Waals surface area contributed by atoms with Crippen LogP contribution in [0.15, 0.2) is 16.8 Å². The van der Waals surface area contributed by atoms with Gasteiger partial charge in [0, 0.05) is 39.2 Å². The molecule has 1 saturated heterocycles. The fourth-order valence-corrected chi connectivity index (χ4v) is 4.67. The summed E-state index contributed by atoms with van der Waals surface area (Å²) in [6, 6.07) is 1.99. The van der Waals surface area contributed by atoms with Crippen molar-refractivity contribution in [3.8, 4) is 0 Å². The van der Waals surface area contributed by atoms with Crippen LogP contribution < -0.4 is 0 Å². The van der Waals surface area contributed by atoms with E-state index in [0.717, 1.165) is 36.6 Å². The van der Waals surface area contributed by atoms with E-state index in [0.29, 0.717) is 32.6 Å². The molecule has 8 nitrogen and oxygen atoms in total. The van der Waals surface area contributed by atoms with Gasteiger partial charge in [-0.2, -0.15) is 11.3 Å². The number of fused-ring (bicyclic) bond motifs is 1. The molecule has 2 amide bonds. The SMILES string of the molecule is COCC(=O)N1CCCC(c2nnc3n2CCN(C(=O)Cc2ccsc2)C3)C1. The maximum atomic E-state index is 12.6. The van der Waals surface area contributed by atoms with Crippen LogP contribution in [0.5, 0.6) is 0 Å². The largest absolute Gasteiger partial charge is 0.375 e. The fraction of sp³-hybridized carbons (Fsp3) is 0.579. The summed E-state index contributed by atoms with van der Waals surface area (Å²) in [5.74, 6) is 2.11. The number of aromatic nitrogens is 3. The molecule has 4 heterocycles. The molecule has 9 heteroatoms. The van der Waals surface area contributed by atoms with Crippen molar-refractivity contribution in [3.05, 3.63) is 34.0 Å². The molecule has 2 aromatic heterocycles. The highest BCUT2D eigenvalue weighted by Gasteiger charge is 2.31. The molecule has 1 unspecified atom stereocenters. The van der Waals surface area contributed by atoms with Crippen LogP contribution in [0.25, 0.3) is 0 Å². The Morgan fingerprint density at radius 3 is 2.89 bits per heavy atom. The summed E-state index contributed by atoms with van der Waals surface area (Å²) in [6.45, 7) is 3.40. The van der Waals surface area contributed by atoms with Crippen molar-refractivity contribution in [3.63, 3.8) is 0 Å². The Morgan fingerprint density at radius 2 is 2.11 bits per heavy atom. The maximum absolute atomic E-state index is 12.6. The van der Waals surface area contributed by atoms with Gasteiger partial charge in [-0.3, -0.25) is 9.59 Å². The lowest BCUT2D eigenvalue weighted by molar-refractivity contribution is -0.136. The minimum absolute atomic E-state index is 0.0239. The molecular formula is C19H25N5O3S. The number of amides is 2. The topological polar surface area (TPSA) is 80.6 Å². The van der Waals surface area contributed by atoms with Gasteiger partial charge in [0.1, 0.15) is 12.4 Å². The number of methoxy groups -OCH3 is 1. The van der Waals surface area contributed by atoms with E-state index in [9.17, 15) is 9.59 Å². The molecule has 150 valence electrons. The van der Waals surface area contributed by atoms with E-state index >= 15 is 0 Å². The van der Waals surface area contributed by atoms with Crippen molar-refractivity contribution >= 4 is 23.2 Å². The Morgan fingerprint density at radius 1 is 1.21 bits per heavy atom. The van der Waals surface area contributed by atoms with Crippen LogP contribution in [-0.2, 0) is 33.8 Å². The monoisotopic (exact) mass is 403 g/mol. The van der Waals surface area contributed by atoms with Crippen LogP contribution in [0.1, 0.15) is 36.0 Å². The predicted molar refractivity (Wildman–Crippen MR) is 104 cm³/mol. The van der Waals surface area contributed by atoms with E-state index in [-0.39, 0.29) is 24.3 Å². The van der Waals surface area contributed by atoms with Gasteiger partial charge in [-0.05, 0) is 35.2 Å². The molecule has 2 aliphatic rings. The average Bonchev–Trinajstić information content (AvgIpc) is 3.37. The van der Waals surface area contributed by atoms with Gasteiger partial charge in [0.15, 0.2) is 5.82 Å². The zero-order valence-corrected chi connectivity index (χ0v) is 16.9. The third-order valence-corrected chi connectivity index (χ3v) is 6.21. The van der Waals surface area contributed by atoms with Crippen molar-refractivity contribution in [1.29, 1.82) is 0 Å². The first-order valence-corrected chi connectivity index (χ1v) is 10.6. The summed E-state index contributed by atoms with van der Waals surface area (Å²) in [6.07, 6.45) is 2.38. The van der Waals surface area contributed by atoms with Crippen LogP contribution in [0.4, 0.5) is 0 Å². The first-order chi connectivity index (χ1) is 13.7. The minimum atomic E-state index is 0.0239. The maximum Gasteiger partial charge on any atom is 0.248 e. The van der Waals surface area contributed by atoms with Gasteiger partial charge in [0.25, 0.3) is 0 Å². The zero-order chi connectivity index (χ0) is 19.5. The minimum Gasteiger partial charge on any atom is -0.375 e. The van der Waals surface area contributed by atoms with E-state index < -0.39 is 0 Å². The van der Waals surface area contributed by atoms with Crippen molar-refractivity contribution in [2.45, 2.75) is 38.3 Å². The number of ether oxygens (including phenoxy) is 1. The third kappa shape index (κ3) is 3.95. The second kappa shape index (κ2) is 8.40. The van der Waals surface area contributed by atoms with Gasteiger partial charge < -0.3 is 19.1 Å². The number of hydrogen-bond donors (Lipinski definition) is 0. The summed E-state index contributed by atoms with van der Waals surface area (Å²) in [4.78, 5) is 28.5. The van der Waals surface area contributed by atoms with E-state index in [1.165, 1.54) is 0 Å². The number of nitrogens with zero attached hydrogens (tertiary/aromatic N) is 5. The third-order valence-electron chi connectivity index (χ3n) is 5.48. The van der Waals surface area contributed by atoms with Crippen molar-refractivity contribution < 1.29 is 14.3 Å². The quantitative estimate of drug-likeness (QED) is 0.751. The van der Waals surface area contributed by atoms with E-state index in [4.69, 9.17) is 4.74 Å². The molecule has 0 bridgehead atoms. The Kier molecular flexibility index (Phi) is 5.72. The Balaban J connectivity index is 1.42. The van der Waals surface area contributed by atoms with Crippen LogP contribution in [0, 0.1) is 0 Å². The molecule has 28 heavy (non-hydrogen) atoms. The van der Waals surface area contributed by atoms with Crippen molar-refractivity contribution in [2.75, 3.05) is 33.4 Å². The normalized spacial score (nSPS) is 19.5. The van der Waals surface area contributed by atoms with Crippen molar-refractivity contribution in [1.82, 2.24) is 24.6 Å². The highest BCUT2D eigenvalue weighted by molar-refractivity contribution is 7.08. The molecule has 0 aromatic carbocycles. The molecule has 0 aliphatic carbocycles. The number of likely N-dealkylation sites (tertiary alicyclic amines) is 1. The number of carbonyl (C=O) groups is 2. The van der Waals surface area contributed by atoms with Gasteiger partial charge in [-0.1, -0.05) is 0 Å². The van der Waals surface area contributed by atoms with Crippen molar-refractivity contribution in [2.24, 2.45) is 0 Å². The van der Waals surface area contributed by atoms with Gasteiger partial charge in [0.2, 0.25) is 11.8 Å². The van der Waals surface area contributed by atoms with Gasteiger partial charge in [0.05, 0.1) is 13.0 Å². The van der Waals surface area contributed by atoms with E-state index in [2.05, 4.69) is 14.8 Å². The van der Waals surface area contributed by atoms with Crippen LogP contribution in [0.2, 0.25) is 0 Å². The number of piperidine rings is 1. The lowest BCUT2D eigenvalue weighted by atomic mass is 9.97. The molecule has 0 saturated carbocycles. The van der Waals surface area contributed by atoms with Gasteiger partial charge >= 0.3 is 0 Å². The van der Waals surface area contributed by atoms with E-state index in [1.54, 1.807) is 18.4 Å². The second-order valence-corrected chi connectivity index (χ2v) is 8.14. The molecule has 2 aliphatic heterocycles.